The van der Waals surface area contributed by atoms with E-state index in [1.165, 1.54) is 12.1 Å². The van der Waals surface area contributed by atoms with E-state index in [2.05, 4.69) is 24.0 Å². The lowest BCUT2D eigenvalue weighted by molar-refractivity contribution is -0.384. The summed E-state index contributed by atoms with van der Waals surface area (Å²) < 4.78 is 0. The molecule has 2 aromatic carbocycles. The molecule has 0 unspecified atom stereocenters. The number of rotatable bonds is 7. The Morgan fingerprint density at radius 1 is 1.21 bits per heavy atom. The first kappa shape index (κ1) is 21.7. The van der Waals surface area contributed by atoms with Crippen molar-refractivity contribution in [3.8, 4) is 0 Å². The number of unbranched alkanes of at least 4 members (excludes halogenated alkanes) is 2. The van der Waals surface area contributed by atoms with Crippen LogP contribution < -0.4 is 4.90 Å². The monoisotopic (exact) mass is 446 g/mol. The minimum absolute atomic E-state index is 0.0448. The van der Waals surface area contributed by atoms with Gasteiger partial charge in [0.1, 0.15) is 0 Å². The molecule has 0 saturated heterocycles. The molecule has 172 valence electrons. The first-order valence-corrected chi connectivity index (χ1v) is 12.1. The molecule has 0 amide bonds. The quantitative estimate of drug-likeness (QED) is 0.225. The highest BCUT2D eigenvalue weighted by atomic mass is 16.6. The molecule has 33 heavy (non-hydrogen) atoms. The summed E-state index contributed by atoms with van der Waals surface area (Å²) in [5, 5.41) is 21.3. The zero-order valence-electron chi connectivity index (χ0n) is 18.9. The van der Waals surface area contributed by atoms with Crippen LogP contribution >= 0.6 is 0 Å². The van der Waals surface area contributed by atoms with Crippen LogP contribution in [0.4, 0.5) is 11.4 Å². The number of hydrogen-bond donors (Lipinski definition) is 1. The van der Waals surface area contributed by atoms with E-state index in [9.17, 15) is 20.0 Å². The van der Waals surface area contributed by atoms with E-state index in [-0.39, 0.29) is 28.5 Å². The van der Waals surface area contributed by atoms with Crippen LogP contribution in [0, 0.1) is 16.0 Å². The lowest BCUT2D eigenvalue weighted by Gasteiger charge is -2.50. The number of allylic oxidation sites excluding steroid dienone is 2. The van der Waals surface area contributed by atoms with E-state index < -0.39 is 5.97 Å². The molecule has 0 fully saturated rings. The highest BCUT2D eigenvalue weighted by Gasteiger charge is 2.46. The molecule has 6 heteroatoms. The van der Waals surface area contributed by atoms with Gasteiger partial charge in [0.25, 0.3) is 5.69 Å². The van der Waals surface area contributed by atoms with Gasteiger partial charge >= 0.3 is 5.97 Å². The lowest BCUT2D eigenvalue weighted by atomic mass is 9.71. The predicted molar refractivity (Wildman–Crippen MR) is 128 cm³/mol. The minimum atomic E-state index is -0.877. The van der Waals surface area contributed by atoms with Crippen molar-refractivity contribution in [2.45, 2.75) is 63.3 Å². The van der Waals surface area contributed by atoms with Gasteiger partial charge in [-0.2, -0.15) is 0 Å². The SMILES string of the molecule is CCCCC[C@@H]1CCN2c3c1cc(C(=O)O)cc3[C@@H]1C=CC[C@H]1[C@H]2c1cccc([N+](=O)[O-])c1. The fourth-order valence-electron chi connectivity index (χ4n) is 6.29. The van der Waals surface area contributed by atoms with Crippen molar-refractivity contribution in [1.29, 1.82) is 0 Å². The van der Waals surface area contributed by atoms with Crippen LogP contribution in [0.15, 0.2) is 48.6 Å². The number of aromatic carboxylic acids is 1. The maximum absolute atomic E-state index is 12.0. The number of nitro groups is 1. The molecule has 0 spiro atoms. The Hall–Kier alpha value is -3.15. The van der Waals surface area contributed by atoms with Gasteiger partial charge in [0.05, 0.1) is 16.5 Å². The molecule has 1 N–H and O–H groups in total. The van der Waals surface area contributed by atoms with Crippen molar-refractivity contribution in [3.63, 3.8) is 0 Å². The molecular weight excluding hydrogens is 416 g/mol. The summed E-state index contributed by atoms with van der Waals surface area (Å²) in [7, 11) is 0. The Labute approximate surface area is 194 Å². The van der Waals surface area contributed by atoms with Gasteiger partial charge in [-0.25, -0.2) is 4.79 Å². The smallest absolute Gasteiger partial charge is 0.335 e. The Bertz CT molecular complexity index is 1130. The summed E-state index contributed by atoms with van der Waals surface area (Å²) in [5.74, 6) is -0.146. The van der Waals surface area contributed by atoms with Crippen LogP contribution in [-0.2, 0) is 0 Å². The third-order valence-corrected chi connectivity index (χ3v) is 7.75. The number of nitrogens with zero attached hydrogens (tertiary/aromatic N) is 2. The molecule has 0 aromatic heterocycles. The van der Waals surface area contributed by atoms with E-state index >= 15 is 0 Å². The standard InChI is InChI=1S/C27H30N2O4/c1-2-3-4-7-17-12-13-28-25(18-8-5-9-20(14-18)29(32)33)22-11-6-10-21(22)24-16-19(27(30)31)15-23(17)26(24)28/h5-6,8-10,14-17,21-22,25H,2-4,7,11-13H2,1H3,(H,30,31)/t17-,21-,22-,25-/m1/s1. The van der Waals surface area contributed by atoms with Gasteiger partial charge < -0.3 is 10.0 Å². The summed E-state index contributed by atoms with van der Waals surface area (Å²) in [6.45, 7) is 3.09. The topological polar surface area (TPSA) is 83.7 Å². The number of nitro benzene ring substituents is 1. The van der Waals surface area contributed by atoms with E-state index in [4.69, 9.17) is 0 Å². The third-order valence-electron chi connectivity index (χ3n) is 7.75. The van der Waals surface area contributed by atoms with Gasteiger partial charge in [-0.3, -0.25) is 10.1 Å². The maximum Gasteiger partial charge on any atom is 0.335 e. The van der Waals surface area contributed by atoms with Crippen molar-refractivity contribution in [3.05, 3.63) is 80.9 Å². The van der Waals surface area contributed by atoms with Gasteiger partial charge in [-0.15, -0.1) is 0 Å². The van der Waals surface area contributed by atoms with E-state index in [1.54, 1.807) is 18.2 Å². The second-order valence-corrected chi connectivity index (χ2v) is 9.63. The Morgan fingerprint density at radius 3 is 2.79 bits per heavy atom. The fraction of sp³-hybridized carbons (Fsp3) is 0.444. The van der Waals surface area contributed by atoms with Crippen molar-refractivity contribution in [2.24, 2.45) is 5.92 Å². The average molecular weight is 447 g/mol. The summed E-state index contributed by atoms with van der Waals surface area (Å²) in [6, 6.07) is 10.9. The van der Waals surface area contributed by atoms with Crippen molar-refractivity contribution in [1.82, 2.24) is 0 Å². The molecule has 2 aliphatic heterocycles. The second kappa shape index (κ2) is 8.65. The van der Waals surface area contributed by atoms with Crippen LogP contribution in [0.5, 0.6) is 0 Å². The summed E-state index contributed by atoms with van der Waals surface area (Å²) in [6.07, 6.45) is 10.8. The Morgan fingerprint density at radius 2 is 2.03 bits per heavy atom. The Kier molecular flexibility index (Phi) is 5.69. The molecule has 5 rings (SSSR count). The van der Waals surface area contributed by atoms with Crippen LogP contribution in [0.2, 0.25) is 0 Å². The van der Waals surface area contributed by atoms with Crippen molar-refractivity contribution in [2.75, 3.05) is 11.4 Å². The lowest BCUT2D eigenvalue weighted by Crippen LogP contribution is -2.43. The van der Waals surface area contributed by atoms with E-state index in [0.29, 0.717) is 11.5 Å². The van der Waals surface area contributed by atoms with Crippen LogP contribution in [0.25, 0.3) is 0 Å². The van der Waals surface area contributed by atoms with Gasteiger partial charge in [0.2, 0.25) is 0 Å². The van der Waals surface area contributed by atoms with Gasteiger partial charge in [-0.1, -0.05) is 50.5 Å². The molecule has 6 nitrogen and oxygen atoms in total. The fourth-order valence-corrected chi connectivity index (χ4v) is 6.29. The molecule has 1 aliphatic carbocycles. The highest BCUT2D eigenvalue weighted by Crippen LogP contribution is 2.57. The van der Waals surface area contributed by atoms with E-state index in [0.717, 1.165) is 55.3 Å². The van der Waals surface area contributed by atoms with Gasteiger partial charge in [0.15, 0.2) is 0 Å². The van der Waals surface area contributed by atoms with Crippen LogP contribution in [0.1, 0.15) is 90.4 Å². The van der Waals surface area contributed by atoms with Gasteiger partial charge in [-0.05, 0) is 59.9 Å². The third kappa shape index (κ3) is 3.71. The largest absolute Gasteiger partial charge is 0.478 e. The normalized spacial score (nSPS) is 24.9. The van der Waals surface area contributed by atoms with Crippen LogP contribution in [-0.4, -0.2) is 22.5 Å². The number of hydrogen-bond acceptors (Lipinski definition) is 4. The first-order chi connectivity index (χ1) is 16.0. The molecular formula is C27H30N2O4. The molecule has 0 radical (unpaired) electrons. The molecule has 2 aromatic rings. The average Bonchev–Trinajstić information content (AvgIpc) is 3.30. The van der Waals surface area contributed by atoms with Crippen molar-refractivity contribution < 1.29 is 14.8 Å². The number of carboxylic acid groups (broad SMARTS) is 1. The molecule has 2 heterocycles. The van der Waals surface area contributed by atoms with Gasteiger partial charge in [0, 0.05) is 30.3 Å². The summed E-state index contributed by atoms with van der Waals surface area (Å²) in [4.78, 5) is 25.6. The second-order valence-electron chi connectivity index (χ2n) is 9.63. The molecule has 0 saturated carbocycles. The predicted octanol–water partition coefficient (Wildman–Crippen LogP) is 6.58. The number of fused-ring (bicyclic) bond motifs is 2. The zero-order valence-corrected chi connectivity index (χ0v) is 18.9. The maximum atomic E-state index is 12.0. The molecule has 4 atom stereocenters. The number of benzene rings is 2. The summed E-state index contributed by atoms with van der Waals surface area (Å²) in [5.41, 5.74) is 4.92. The number of carbonyl (C=O) groups is 1. The zero-order chi connectivity index (χ0) is 23.1. The highest BCUT2D eigenvalue weighted by molar-refractivity contribution is 5.90. The minimum Gasteiger partial charge on any atom is -0.478 e. The first-order valence-electron chi connectivity index (χ1n) is 12.1. The number of carboxylic acids is 1. The Balaban J connectivity index is 1.65. The van der Waals surface area contributed by atoms with Crippen LogP contribution in [0.3, 0.4) is 0 Å². The molecule has 0 bridgehead atoms. The molecule has 3 aliphatic rings. The number of anilines is 1. The number of non-ortho nitro benzene ring substituents is 1. The summed E-state index contributed by atoms with van der Waals surface area (Å²) >= 11 is 0. The van der Waals surface area contributed by atoms with Crippen molar-refractivity contribution >= 4 is 17.3 Å². The van der Waals surface area contributed by atoms with E-state index in [1.807, 2.05) is 18.2 Å².